The van der Waals surface area contributed by atoms with Crippen molar-refractivity contribution in [2.24, 2.45) is 0 Å². The summed E-state index contributed by atoms with van der Waals surface area (Å²) in [4.78, 5) is 4.91. The van der Waals surface area contributed by atoms with Gasteiger partial charge < -0.3 is 9.32 Å². The Morgan fingerprint density at radius 2 is 1.12 bits per heavy atom. The molecule has 0 N–H and O–H groups in total. The Morgan fingerprint density at radius 1 is 0.515 bits per heavy atom. The predicted octanol–water partition coefficient (Wildman–Crippen LogP) is 9.19. The SMILES string of the molecule is c1ccc2c(c1)Sc1ccccc1N2c1ccc(-c2ccc3oc4ccccc4c3c2)cc1. The van der Waals surface area contributed by atoms with Gasteiger partial charge in [-0.2, -0.15) is 0 Å². The summed E-state index contributed by atoms with van der Waals surface area (Å²) >= 11 is 1.83. The number of nitrogens with zero attached hydrogens (tertiary/aromatic N) is 1. The molecule has 6 aromatic rings. The molecule has 0 fully saturated rings. The number of benzene rings is 5. The molecule has 0 amide bonds. The van der Waals surface area contributed by atoms with Gasteiger partial charge in [0.2, 0.25) is 0 Å². The molecule has 1 aliphatic rings. The highest BCUT2D eigenvalue weighted by Gasteiger charge is 2.24. The van der Waals surface area contributed by atoms with E-state index in [4.69, 9.17) is 4.42 Å². The van der Waals surface area contributed by atoms with Gasteiger partial charge in [0, 0.05) is 26.3 Å². The minimum Gasteiger partial charge on any atom is -0.456 e. The topological polar surface area (TPSA) is 16.4 Å². The number of rotatable bonds is 2. The molecule has 0 radical (unpaired) electrons. The Balaban J connectivity index is 1.32. The second-order valence-electron chi connectivity index (χ2n) is 8.23. The summed E-state index contributed by atoms with van der Waals surface area (Å²) in [5.74, 6) is 0. The predicted molar refractivity (Wildman–Crippen MR) is 138 cm³/mol. The fourth-order valence-electron chi connectivity index (χ4n) is 4.69. The van der Waals surface area contributed by atoms with Crippen LogP contribution < -0.4 is 4.90 Å². The largest absolute Gasteiger partial charge is 0.456 e. The van der Waals surface area contributed by atoms with Gasteiger partial charge >= 0.3 is 0 Å². The summed E-state index contributed by atoms with van der Waals surface area (Å²) < 4.78 is 6.00. The van der Waals surface area contributed by atoms with Crippen molar-refractivity contribution in [1.29, 1.82) is 0 Å². The molecule has 33 heavy (non-hydrogen) atoms. The molecule has 2 heterocycles. The molecule has 2 nitrogen and oxygen atoms in total. The molecule has 0 unspecified atom stereocenters. The third kappa shape index (κ3) is 2.97. The van der Waals surface area contributed by atoms with Crippen LogP contribution in [0.2, 0.25) is 0 Å². The quantitative estimate of drug-likeness (QED) is 0.266. The summed E-state index contributed by atoms with van der Waals surface area (Å²) in [6.45, 7) is 0. The van der Waals surface area contributed by atoms with Crippen molar-refractivity contribution in [3.05, 3.63) is 115 Å². The van der Waals surface area contributed by atoms with E-state index in [1.807, 2.05) is 23.9 Å². The monoisotopic (exact) mass is 441 g/mol. The van der Waals surface area contributed by atoms with Crippen LogP contribution in [0.4, 0.5) is 17.1 Å². The number of para-hydroxylation sites is 3. The first-order valence-corrected chi connectivity index (χ1v) is 11.8. The standard InChI is InChI=1S/C30H19NOS/c1-4-10-27-23(7-1)24-19-21(15-18-28(24)32-27)20-13-16-22(17-14-20)31-25-8-2-5-11-29(25)33-30-12-6-3-9-26(30)31/h1-19H. The van der Waals surface area contributed by atoms with E-state index in [-0.39, 0.29) is 0 Å². The summed E-state index contributed by atoms with van der Waals surface area (Å²) in [7, 11) is 0. The van der Waals surface area contributed by atoms with Crippen molar-refractivity contribution >= 4 is 50.8 Å². The average Bonchev–Trinajstić information content (AvgIpc) is 3.25. The van der Waals surface area contributed by atoms with Gasteiger partial charge in [-0.25, -0.2) is 0 Å². The van der Waals surface area contributed by atoms with Gasteiger partial charge in [-0.1, -0.05) is 72.4 Å². The first-order valence-electron chi connectivity index (χ1n) is 11.0. The number of furan rings is 1. The zero-order valence-corrected chi connectivity index (χ0v) is 18.5. The average molecular weight is 442 g/mol. The zero-order valence-electron chi connectivity index (χ0n) is 17.7. The van der Waals surface area contributed by atoms with E-state index >= 15 is 0 Å². The second-order valence-corrected chi connectivity index (χ2v) is 9.31. The molecule has 1 aliphatic heterocycles. The highest BCUT2D eigenvalue weighted by Crippen LogP contribution is 2.51. The normalized spacial score (nSPS) is 12.7. The van der Waals surface area contributed by atoms with Gasteiger partial charge in [0.1, 0.15) is 11.2 Å². The van der Waals surface area contributed by atoms with E-state index in [0.717, 1.165) is 27.6 Å². The molecule has 3 heteroatoms. The molecule has 0 spiro atoms. The maximum absolute atomic E-state index is 6.00. The van der Waals surface area contributed by atoms with Gasteiger partial charge in [-0.15, -0.1) is 0 Å². The number of hydrogen-bond donors (Lipinski definition) is 0. The lowest BCUT2D eigenvalue weighted by atomic mass is 10.0. The molecule has 0 atom stereocenters. The van der Waals surface area contributed by atoms with Crippen LogP contribution in [0.25, 0.3) is 33.1 Å². The first kappa shape index (κ1) is 18.6. The van der Waals surface area contributed by atoms with E-state index in [9.17, 15) is 0 Å². The molecular weight excluding hydrogens is 422 g/mol. The van der Waals surface area contributed by atoms with E-state index in [1.165, 1.54) is 32.3 Å². The highest BCUT2D eigenvalue weighted by atomic mass is 32.2. The summed E-state index contributed by atoms with van der Waals surface area (Å²) in [5, 5.41) is 2.31. The minimum atomic E-state index is 0.926. The smallest absolute Gasteiger partial charge is 0.135 e. The van der Waals surface area contributed by atoms with Gasteiger partial charge in [0.05, 0.1) is 11.4 Å². The fourth-order valence-corrected chi connectivity index (χ4v) is 5.75. The summed E-state index contributed by atoms with van der Waals surface area (Å²) in [5.41, 5.74) is 7.85. The van der Waals surface area contributed by atoms with Crippen molar-refractivity contribution < 1.29 is 4.42 Å². The van der Waals surface area contributed by atoms with Crippen LogP contribution in [0.1, 0.15) is 0 Å². The fraction of sp³-hybridized carbons (Fsp3) is 0. The van der Waals surface area contributed by atoms with Gasteiger partial charge in [-0.05, 0) is 65.7 Å². The van der Waals surface area contributed by atoms with E-state index in [2.05, 4.69) is 108 Å². The lowest BCUT2D eigenvalue weighted by molar-refractivity contribution is 0.669. The minimum absolute atomic E-state index is 0.926. The molecule has 0 saturated carbocycles. The van der Waals surface area contributed by atoms with Gasteiger partial charge in [0.25, 0.3) is 0 Å². The van der Waals surface area contributed by atoms with Crippen LogP contribution >= 0.6 is 11.8 Å². The first-order chi connectivity index (χ1) is 16.3. The van der Waals surface area contributed by atoms with Crippen molar-refractivity contribution in [3.63, 3.8) is 0 Å². The molecule has 0 saturated heterocycles. The number of anilines is 3. The molecule has 7 rings (SSSR count). The van der Waals surface area contributed by atoms with Crippen molar-refractivity contribution in [2.45, 2.75) is 9.79 Å². The third-order valence-corrected chi connectivity index (χ3v) is 7.40. The second kappa shape index (κ2) is 7.29. The molecule has 156 valence electrons. The van der Waals surface area contributed by atoms with Crippen LogP contribution in [-0.2, 0) is 0 Å². The maximum Gasteiger partial charge on any atom is 0.135 e. The van der Waals surface area contributed by atoms with Crippen molar-refractivity contribution in [3.8, 4) is 11.1 Å². The van der Waals surface area contributed by atoms with Crippen LogP contribution in [0.15, 0.2) is 129 Å². The van der Waals surface area contributed by atoms with Crippen molar-refractivity contribution in [2.75, 3.05) is 4.90 Å². The van der Waals surface area contributed by atoms with E-state index < -0.39 is 0 Å². The summed E-state index contributed by atoms with van der Waals surface area (Å²) in [6, 6.07) is 40.8. The van der Waals surface area contributed by atoms with Crippen LogP contribution in [0.3, 0.4) is 0 Å². The lowest BCUT2D eigenvalue weighted by Crippen LogP contribution is -2.14. The lowest BCUT2D eigenvalue weighted by Gasteiger charge is -2.32. The Labute approximate surface area is 196 Å². The van der Waals surface area contributed by atoms with Gasteiger partial charge in [-0.3, -0.25) is 0 Å². The molecule has 0 aliphatic carbocycles. The van der Waals surface area contributed by atoms with E-state index in [0.29, 0.717) is 0 Å². The maximum atomic E-state index is 6.00. The van der Waals surface area contributed by atoms with Gasteiger partial charge in [0.15, 0.2) is 0 Å². The highest BCUT2D eigenvalue weighted by molar-refractivity contribution is 7.99. The summed E-state index contributed by atoms with van der Waals surface area (Å²) in [6.07, 6.45) is 0. The third-order valence-electron chi connectivity index (χ3n) is 6.27. The molecule has 5 aromatic carbocycles. The Kier molecular flexibility index (Phi) is 4.11. The van der Waals surface area contributed by atoms with Crippen molar-refractivity contribution in [1.82, 2.24) is 0 Å². The molecule has 0 bridgehead atoms. The molecule has 1 aromatic heterocycles. The number of hydrogen-bond acceptors (Lipinski definition) is 3. The number of fused-ring (bicyclic) bond motifs is 5. The Morgan fingerprint density at radius 3 is 1.88 bits per heavy atom. The van der Waals surface area contributed by atoms with Crippen LogP contribution in [0.5, 0.6) is 0 Å². The Hall–Kier alpha value is -3.95. The van der Waals surface area contributed by atoms with E-state index in [1.54, 1.807) is 0 Å². The Bertz CT molecular complexity index is 1600. The van der Waals surface area contributed by atoms with Crippen LogP contribution in [-0.4, -0.2) is 0 Å². The zero-order chi connectivity index (χ0) is 21.8. The molecular formula is C30H19NOS. The van der Waals surface area contributed by atoms with Crippen LogP contribution in [0, 0.1) is 0 Å².